The molecule has 0 radical (unpaired) electrons. The van der Waals surface area contributed by atoms with E-state index in [2.05, 4.69) is 10.3 Å². The van der Waals surface area contributed by atoms with Crippen LogP contribution in [0.3, 0.4) is 0 Å². The maximum atomic E-state index is 12.7. The third kappa shape index (κ3) is 6.10. The fraction of sp³-hybridized carbons (Fsp3) is 0.348. The molecule has 0 aliphatic heterocycles. The second-order valence-electron chi connectivity index (χ2n) is 7.52. The molecule has 0 fully saturated rings. The van der Waals surface area contributed by atoms with Crippen molar-refractivity contribution in [3.63, 3.8) is 0 Å². The summed E-state index contributed by atoms with van der Waals surface area (Å²) in [5.74, 6) is -0.142. The van der Waals surface area contributed by atoms with E-state index >= 15 is 0 Å². The molecule has 0 spiro atoms. The molecule has 3 rings (SSSR count). The van der Waals surface area contributed by atoms with Gasteiger partial charge in [-0.15, -0.1) is 11.3 Å². The van der Waals surface area contributed by atoms with Crippen molar-refractivity contribution >= 4 is 28.7 Å². The summed E-state index contributed by atoms with van der Waals surface area (Å²) in [6.45, 7) is 3.16. The lowest BCUT2D eigenvalue weighted by Crippen LogP contribution is -2.43. The fourth-order valence-corrected chi connectivity index (χ4v) is 4.16. The minimum Gasteiger partial charge on any atom is -0.383 e. The monoisotopic (exact) mass is 455 g/mol. The van der Waals surface area contributed by atoms with E-state index in [-0.39, 0.29) is 24.0 Å². The number of benzene rings is 1. The molecule has 2 aromatic heterocycles. The lowest BCUT2D eigenvalue weighted by molar-refractivity contribution is -0.119. The molecular weight excluding hydrogens is 426 g/mol. The van der Waals surface area contributed by atoms with Crippen LogP contribution in [0, 0.1) is 0 Å². The number of carbonyl (C=O) groups is 1. The number of nitrogen functional groups attached to an aromatic ring is 1. The van der Waals surface area contributed by atoms with Gasteiger partial charge in [0.05, 0.1) is 6.54 Å². The predicted molar refractivity (Wildman–Crippen MR) is 129 cm³/mol. The highest BCUT2D eigenvalue weighted by Crippen LogP contribution is 2.19. The molecule has 1 amide bonds. The first-order valence-corrected chi connectivity index (χ1v) is 11.6. The number of amides is 1. The fourth-order valence-electron chi connectivity index (χ4n) is 3.45. The van der Waals surface area contributed by atoms with Gasteiger partial charge in [-0.2, -0.15) is 0 Å². The normalized spacial score (nSPS) is 10.8. The highest BCUT2D eigenvalue weighted by molar-refractivity contribution is 7.09. The number of anilines is 2. The standard InChI is InChI=1S/C23H29N5O3S/c1-2-3-13-28-21(24)20(22(30)26-23(28)31)27(15-17-8-5-4-6-9-17)16-19(29)25-12-11-18-10-7-14-32-18/h4-10,14H,2-3,11-13,15-16,24H2,1H3,(H,25,29)(H,26,30,31). The molecule has 0 saturated carbocycles. The molecule has 32 heavy (non-hydrogen) atoms. The van der Waals surface area contributed by atoms with Crippen LogP contribution < -0.4 is 27.2 Å². The Morgan fingerprint density at radius 3 is 2.66 bits per heavy atom. The molecule has 0 unspecified atom stereocenters. The summed E-state index contributed by atoms with van der Waals surface area (Å²) in [5, 5.41) is 4.91. The number of carbonyl (C=O) groups excluding carboxylic acids is 1. The Labute approximate surface area is 190 Å². The Morgan fingerprint density at radius 2 is 1.97 bits per heavy atom. The number of unbranched alkanes of at least 4 members (excludes halogenated alkanes) is 1. The van der Waals surface area contributed by atoms with E-state index in [0.29, 0.717) is 19.6 Å². The molecule has 4 N–H and O–H groups in total. The lowest BCUT2D eigenvalue weighted by atomic mass is 10.2. The van der Waals surface area contributed by atoms with Gasteiger partial charge >= 0.3 is 5.69 Å². The van der Waals surface area contributed by atoms with Gasteiger partial charge in [0.15, 0.2) is 0 Å². The van der Waals surface area contributed by atoms with Crippen molar-refractivity contribution in [2.24, 2.45) is 0 Å². The molecule has 1 aromatic carbocycles. The molecule has 9 heteroatoms. The van der Waals surface area contributed by atoms with Crippen LogP contribution in [-0.2, 0) is 24.3 Å². The number of thiophene rings is 1. The van der Waals surface area contributed by atoms with Crippen LogP contribution in [0.5, 0.6) is 0 Å². The highest BCUT2D eigenvalue weighted by Gasteiger charge is 2.21. The first kappa shape index (κ1) is 23.3. The summed E-state index contributed by atoms with van der Waals surface area (Å²) in [4.78, 5) is 43.0. The number of hydrogen-bond acceptors (Lipinski definition) is 6. The maximum absolute atomic E-state index is 12.7. The highest BCUT2D eigenvalue weighted by atomic mass is 32.1. The second kappa shape index (κ2) is 11.3. The van der Waals surface area contributed by atoms with Crippen molar-refractivity contribution in [1.29, 1.82) is 0 Å². The summed E-state index contributed by atoms with van der Waals surface area (Å²) in [5.41, 5.74) is 6.22. The summed E-state index contributed by atoms with van der Waals surface area (Å²) in [6.07, 6.45) is 2.37. The van der Waals surface area contributed by atoms with Crippen molar-refractivity contribution < 1.29 is 4.79 Å². The van der Waals surface area contributed by atoms with E-state index in [4.69, 9.17) is 5.73 Å². The quantitative estimate of drug-likeness (QED) is 0.411. The van der Waals surface area contributed by atoms with Gasteiger partial charge in [-0.25, -0.2) is 4.79 Å². The van der Waals surface area contributed by atoms with E-state index < -0.39 is 11.2 Å². The molecule has 0 aliphatic rings. The molecule has 2 heterocycles. The van der Waals surface area contributed by atoms with Gasteiger partial charge in [0.1, 0.15) is 11.5 Å². The largest absolute Gasteiger partial charge is 0.383 e. The number of nitrogens with zero attached hydrogens (tertiary/aromatic N) is 2. The van der Waals surface area contributed by atoms with Gasteiger partial charge in [-0.05, 0) is 29.9 Å². The Kier molecular flexibility index (Phi) is 8.27. The van der Waals surface area contributed by atoms with Gasteiger partial charge in [0, 0.05) is 24.5 Å². The number of hydrogen-bond donors (Lipinski definition) is 3. The van der Waals surface area contributed by atoms with Crippen molar-refractivity contribution in [3.05, 3.63) is 79.1 Å². The van der Waals surface area contributed by atoms with Crippen LogP contribution >= 0.6 is 11.3 Å². The predicted octanol–water partition coefficient (Wildman–Crippen LogP) is 2.35. The first-order valence-electron chi connectivity index (χ1n) is 10.7. The number of rotatable bonds is 11. The number of aromatic amines is 1. The van der Waals surface area contributed by atoms with E-state index in [1.54, 1.807) is 16.2 Å². The molecule has 3 aromatic rings. The molecule has 8 nitrogen and oxygen atoms in total. The third-order valence-corrected chi connectivity index (χ3v) is 6.03. The lowest BCUT2D eigenvalue weighted by Gasteiger charge is -2.26. The van der Waals surface area contributed by atoms with E-state index in [1.807, 2.05) is 54.8 Å². The number of aromatic nitrogens is 2. The van der Waals surface area contributed by atoms with Gasteiger partial charge < -0.3 is 16.0 Å². The van der Waals surface area contributed by atoms with Crippen molar-refractivity contribution in [3.8, 4) is 0 Å². The van der Waals surface area contributed by atoms with Crippen LogP contribution in [0.2, 0.25) is 0 Å². The summed E-state index contributed by atoms with van der Waals surface area (Å²) in [7, 11) is 0. The number of nitrogens with one attached hydrogen (secondary N) is 2. The summed E-state index contributed by atoms with van der Waals surface area (Å²) >= 11 is 1.64. The minimum absolute atomic E-state index is 0.0569. The number of H-pyrrole nitrogens is 1. The summed E-state index contributed by atoms with van der Waals surface area (Å²) in [6, 6.07) is 13.5. The average molecular weight is 456 g/mol. The van der Waals surface area contributed by atoms with Crippen LogP contribution in [0.1, 0.15) is 30.2 Å². The van der Waals surface area contributed by atoms with Crippen molar-refractivity contribution in [2.75, 3.05) is 23.7 Å². The third-order valence-electron chi connectivity index (χ3n) is 5.09. The maximum Gasteiger partial charge on any atom is 0.330 e. The van der Waals surface area contributed by atoms with Gasteiger partial charge in [-0.1, -0.05) is 49.7 Å². The Balaban J connectivity index is 1.84. The topological polar surface area (TPSA) is 113 Å². The van der Waals surface area contributed by atoms with Gasteiger partial charge in [0.25, 0.3) is 5.56 Å². The molecular formula is C23H29N5O3S. The molecule has 0 bridgehead atoms. The van der Waals surface area contributed by atoms with Crippen molar-refractivity contribution in [2.45, 2.75) is 39.3 Å². The average Bonchev–Trinajstić information content (AvgIpc) is 3.27. The Hall–Kier alpha value is -3.33. The zero-order valence-corrected chi connectivity index (χ0v) is 19.0. The molecule has 170 valence electrons. The summed E-state index contributed by atoms with van der Waals surface area (Å²) < 4.78 is 1.37. The minimum atomic E-state index is -0.595. The van der Waals surface area contributed by atoms with Crippen LogP contribution in [0.4, 0.5) is 11.5 Å². The van der Waals surface area contributed by atoms with Crippen molar-refractivity contribution in [1.82, 2.24) is 14.9 Å². The Bertz CT molecular complexity index is 1120. The first-order chi connectivity index (χ1) is 15.5. The molecule has 0 aliphatic carbocycles. The van der Waals surface area contributed by atoms with E-state index in [1.165, 1.54) is 9.44 Å². The molecule has 0 saturated heterocycles. The molecule has 0 atom stereocenters. The smallest absolute Gasteiger partial charge is 0.330 e. The Morgan fingerprint density at radius 1 is 1.19 bits per heavy atom. The van der Waals surface area contributed by atoms with Gasteiger partial charge in [-0.3, -0.25) is 19.1 Å². The zero-order chi connectivity index (χ0) is 22.9. The number of nitrogens with two attached hydrogens (primary N) is 1. The van der Waals surface area contributed by atoms with Crippen LogP contribution in [0.15, 0.2) is 57.4 Å². The zero-order valence-electron chi connectivity index (χ0n) is 18.2. The van der Waals surface area contributed by atoms with Crippen LogP contribution in [-0.4, -0.2) is 28.5 Å². The SMILES string of the molecule is CCCCn1c(N)c(N(CC(=O)NCCc2cccs2)Cc2ccccc2)c(=O)[nH]c1=O. The van der Waals surface area contributed by atoms with Crippen LogP contribution in [0.25, 0.3) is 0 Å². The van der Waals surface area contributed by atoms with E-state index in [9.17, 15) is 14.4 Å². The van der Waals surface area contributed by atoms with Gasteiger partial charge in [0.2, 0.25) is 5.91 Å². The second-order valence-corrected chi connectivity index (χ2v) is 8.55. The van der Waals surface area contributed by atoms with E-state index in [0.717, 1.165) is 24.8 Å².